The van der Waals surface area contributed by atoms with E-state index in [0.717, 1.165) is 52.6 Å². The molecule has 0 radical (unpaired) electrons. The van der Waals surface area contributed by atoms with E-state index in [1.54, 1.807) is 12.4 Å². The average molecular weight is 480 g/mol. The van der Waals surface area contributed by atoms with Crippen LogP contribution in [0.25, 0.3) is 22.1 Å². The summed E-state index contributed by atoms with van der Waals surface area (Å²) in [5, 5.41) is 0.846. The normalized spacial score (nSPS) is 15.9. The number of ether oxygens (including phenoxy) is 2. The second kappa shape index (κ2) is 8.40. The molecule has 5 rings (SSSR count). The first-order chi connectivity index (χ1) is 15.2. The highest BCUT2D eigenvalue weighted by molar-refractivity contribution is 9.10. The largest absolute Gasteiger partial charge is 0.465 e. The summed E-state index contributed by atoms with van der Waals surface area (Å²) in [5.41, 5.74) is 4.27. The van der Waals surface area contributed by atoms with Gasteiger partial charge in [-0.05, 0) is 52.4 Å². The van der Waals surface area contributed by atoms with Crippen molar-refractivity contribution in [1.29, 1.82) is 0 Å². The maximum atomic E-state index is 12.1. The molecule has 1 fully saturated rings. The van der Waals surface area contributed by atoms with E-state index in [9.17, 15) is 4.79 Å². The molecule has 0 amide bonds. The molecule has 0 spiro atoms. The first-order valence-corrected chi connectivity index (χ1v) is 11.1. The minimum atomic E-state index is -0.406. The summed E-state index contributed by atoms with van der Waals surface area (Å²) in [4.78, 5) is 21.6. The molecule has 0 N–H and O–H groups in total. The van der Waals surface area contributed by atoms with Crippen LogP contribution < -0.4 is 0 Å². The number of nitrogens with zero attached hydrogens (tertiary/aromatic N) is 3. The molecular formula is C24H22BrN3O3. The van der Waals surface area contributed by atoms with Crippen molar-refractivity contribution >= 4 is 44.0 Å². The average Bonchev–Trinajstić information content (AvgIpc) is 3.13. The van der Waals surface area contributed by atoms with Crippen LogP contribution in [0.2, 0.25) is 0 Å². The minimum Gasteiger partial charge on any atom is -0.465 e. The number of halogens is 1. The lowest BCUT2D eigenvalue weighted by atomic mass is 9.86. The third-order valence-electron chi connectivity index (χ3n) is 6.00. The first-order valence-electron chi connectivity index (χ1n) is 10.3. The van der Waals surface area contributed by atoms with E-state index >= 15 is 0 Å². The lowest BCUT2D eigenvalue weighted by Crippen LogP contribution is -2.27. The van der Waals surface area contributed by atoms with Crippen LogP contribution in [-0.4, -0.2) is 40.8 Å². The first kappa shape index (κ1) is 20.2. The molecule has 7 heteroatoms. The van der Waals surface area contributed by atoms with E-state index in [-0.39, 0.29) is 6.04 Å². The van der Waals surface area contributed by atoms with E-state index in [1.807, 2.05) is 12.1 Å². The van der Waals surface area contributed by atoms with Crippen LogP contribution in [0.3, 0.4) is 0 Å². The molecule has 1 aliphatic heterocycles. The fourth-order valence-corrected chi connectivity index (χ4v) is 4.90. The summed E-state index contributed by atoms with van der Waals surface area (Å²) < 4.78 is 13.7. The molecule has 0 saturated carbocycles. The van der Waals surface area contributed by atoms with Gasteiger partial charge in [-0.1, -0.05) is 30.3 Å². The van der Waals surface area contributed by atoms with Gasteiger partial charge in [-0.3, -0.25) is 4.98 Å². The van der Waals surface area contributed by atoms with Crippen LogP contribution in [0, 0.1) is 5.92 Å². The number of benzene rings is 1. The molecule has 4 heterocycles. The molecule has 1 atom stereocenters. The predicted molar refractivity (Wildman–Crippen MR) is 122 cm³/mol. The Morgan fingerprint density at radius 1 is 1.16 bits per heavy atom. The van der Waals surface area contributed by atoms with Gasteiger partial charge in [-0.15, -0.1) is 0 Å². The number of carbonyl (C=O) groups is 1. The molecule has 0 aliphatic carbocycles. The number of methoxy groups -OCH3 is 1. The van der Waals surface area contributed by atoms with Gasteiger partial charge in [0.1, 0.15) is 5.65 Å². The van der Waals surface area contributed by atoms with E-state index in [0.29, 0.717) is 11.5 Å². The minimum absolute atomic E-state index is 0.0812. The van der Waals surface area contributed by atoms with Crippen molar-refractivity contribution < 1.29 is 14.3 Å². The van der Waals surface area contributed by atoms with Gasteiger partial charge >= 0.3 is 5.97 Å². The van der Waals surface area contributed by atoms with Crippen molar-refractivity contribution in [3.8, 4) is 0 Å². The third-order valence-corrected chi connectivity index (χ3v) is 6.43. The molecule has 0 unspecified atom stereocenters. The zero-order valence-corrected chi connectivity index (χ0v) is 18.7. The smallest absolute Gasteiger partial charge is 0.339 e. The predicted octanol–water partition coefficient (Wildman–Crippen LogP) is 5.15. The highest BCUT2D eigenvalue weighted by atomic mass is 79.9. The van der Waals surface area contributed by atoms with Crippen molar-refractivity contribution in [3.05, 3.63) is 70.5 Å². The van der Waals surface area contributed by atoms with Gasteiger partial charge in [-0.25, -0.2) is 9.78 Å². The number of hydrogen-bond acceptors (Lipinski definition) is 5. The van der Waals surface area contributed by atoms with Crippen molar-refractivity contribution in [3.63, 3.8) is 0 Å². The highest BCUT2D eigenvalue weighted by Crippen LogP contribution is 2.40. The Bertz CT molecular complexity index is 1250. The van der Waals surface area contributed by atoms with Crippen LogP contribution >= 0.6 is 15.9 Å². The van der Waals surface area contributed by atoms with E-state index in [1.165, 1.54) is 12.7 Å². The molecule has 1 saturated heterocycles. The van der Waals surface area contributed by atoms with Gasteiger partial charge in [0.15, 0.2) is 0 Å². The number of pyridine rings is 2. The lowest BCUT2D eigenvalue weighted by Gasteiger charge is -2.32. The van der Waals surface area contributed by atoms with Gasteiger partial charge in [0, 0.05) is 35.5 Å². The van der Waals surface area contributed by atoms with E-state index in [2.05, 4.69) is 50.8 Å². The van der Waals surface area contributed by atoms with Gasteiger partial charge in [-0.2, -0.15) is 0 Å². The van der Waals surface area contributed by atoms with E-state index < -0.39 is 5.97 Å². The second-order valence-corrected chi connectivity index (χ2v) is 8.70. The second-order valence-electron chi connectivity index (χ2n) is 7.78. The summed E-state index contributed by atoms with van der Waals surface area (Å²) in [7, 11) is 1.38. The van der Waals surface area contributed by atoms with Crippen molar-refractivity contribution in [1.82, 2.24) is 14.5 Å². The molecule has 158 valence electrons. The zero-order valence-electron chi connectivity index (χ0n) is 17.1. The Labute approximate surface area is 188 Å². The molecule has 0 bridgehead atoms. The summed E-state index contributed by atoms with van der Waals surface area (Å²) >= 11 is 3.58. The summed E-state index contributed by atoms with van der Waals surface area (Å²) in [6.45, 7) is 1.51. The fourth-order valence-electron chi connectivity index (χ4n) is 4.58. The van der Waals surface area contributed by atoms with Gasteiger partial charge in [0.2, 0.25) is 0 Å². The van der Waals surface area contributed by atoms with Gasteiger partial charge < -0.3 is 14.0 Å². The molecule has 31 heavy (non-hydrogen) atoms. The van der Waals surface area contributed by atoms with Crippen LogP contribution in [0.1, 0.15) is 34.8 Å². The zero-order chi connectivity index (χ0) is 21.4. The van der Waals surface area contributed by atoms with E-state index in [4.69, 9.17) is 19.4 Å². The Kier molecular flexibility index (Phi) is 5.46. The van der Waals surface area contributed by atoms with Gasteiger partial charge in [0.25, 0.3) is 0 Å². The Morgan fingerprint density at radius 3 is 2.68 bits per heavy atom. The third kappa shape index (κ3) is 3.62. The van der Waals surface area contributed by atoms with Gasteiger partial charge in [0.05, 0.1) is 29.7 Å². The summed E-state index contributed by atoms with van der Waals surface area (Å²) in [6.07, 6.45) is 5.32. The van der Waals surface area contributed by atoms with Crippen molar-refractivity contribution in [2.24, 2.45) is 5.92 Å². The number of esters is 1. The maximum absolute atomic E-state index is 12.1. The lowest BCUT2D eigenvalue weighted by molar-refractivity contribution is 0.0552. The van der Waals surface area contributed by atoms with Crippen LogP contribution in [0.4, 0.5) is 0 Å². The highest BCUT2D eigenvalue weighted by Gasteiger charge is 2.30. The molecule has 4 aromatic rings. The Balaban J connectivity index is 1.81. The van der Waals surface area contributed by atoms with Crippen molar-refractivity contribution in [2.45, 2.75) is 18.9 Å². The van der Waals surface area contributed by atoms with Crippen molar-refractivity contribution in [2.75, 3.05) is 20.3 Å². The molecule has 3 aromatic heterocycles. The number of hydrogen-bond donors (Lipinski definition) is 0. The van der Waals surface area contributed by atoms with Crippen LogP contribution in [-0.2, 0) is 9.47 Å². The monoisotopic (exact) mass is 479 g/mol. The standard InChI is InChI=1S/C24H22BrN3O3/c1-30-24(29)17-11-19-21-20(12-18(25)14-26-21)28(23(19)27-13-17)22(15-5-3-2-4-6-15)16-7-9-31-10-8-16/h2-6,11-14,16,22H,7-10H2,1H3/t22-/m1/s1. The number of rotatable bonds is 4. The van der Waals surface area contributed by atoms with Crippen LogP contribution in [0.15, 0.2) is 59.3 Å². The molecule has 1 aromatic carbocycles. The topological polar surface area (TPSA) is 66.2 Å². The Hall–Kier alpha value is -2.77. The Morgan fingerprint density at radius 2 is 1.94 bits per heavy atom. The summed E-state index contributed by atoms with van der Waals surface area (Å²) in [6, 6.07) is 14.5. The maximum Gasteiger partial charge on any atom is 0.339 e. The van der Waals surface area contributed by atoms with Crippen LogP contribution in [0.5, 0.6) is 0 Å². The fraction of sp³-hybridized carbons (Fsp3) is 0.292. The molecule has 6 nitrogen and oxygen atoms in total. The molecular weight excluding hydrogens is 458 g/mol. The number of aromatic nitrogens is 3. The summed E-state index contributed by atoms with van der Waals surface area (Å²) in [5.74, 6) is -0.00698. The SMILES string of the molecule is COC(=O)c1cnc2c(c1)c1ncc(Br)cc1n2[C@H](c1ccccc1)C1CCOCC1. The number of fused-ring (bicyclic) bond motifs is 3. The number of carbonyl (C=O) groups excluding carboxylic acids is 1. The molecule has 1 aliphatic rings. The quantitative estimate of drug-likeness (QED) is 0.378.